The molecule has 1 aromatic rings. The van der Waals surface area contributed by atoms with Crippen molar-refractivity contribution >= 4 is 23.2 Å². The Morgan fingerprint density at radius 2 is 2.28 bits per heavy atom. The summed E-state index contributed by atoms with van der Waals surface area (Å²) in [6, 6.07) is 3.86. The second-order valence-corrected chi connectivity index (χ2v) is 5.23. The lowest BCUT2D eigenvalue weighted by molar-refractivity contribution is -0.118. The van der Waals surface area contributed by atoms with E-state index in [2.05, 4.69) is 5.32 Å². The molecule has 1 unspecified atom stereocenters. The minimum atomic E-state index is -0.0317. The van der Waals surface area contributed by atoms with Crippen molar-refractivity contribution in [3.8, 4) is 0 Å². The molecule has 0 radical (unpaired) electrons. The lowest BCUT2D eigenvalue weighted by atomic mass is 10.1. The lowest BCUT2D eigenvalue weighted by Crippen LogP contribution is -2.19. The first-order valence-corrected chi connectivity index (χ1v) is 6.62. The Labute approximate surface area is 112 Å². The maximum absolute atomic E-state index is 11.9. The second-order valence-electron chi connectivity index (χ2n) is 4.83. The van der Waals surface area contributed by atoms with Crippen LogP contribution in [0.3, 0.4) is 0 Å². The molecule has 1 atom stereocenters. The predicted molar refractivity (Wildman–Crippen MR) is 73.1 cm³/mol. The van der Waals surface area contributed by atoms with E-state index in [4.69, 9.17) is 16.3 Å². The number of carbonyl (C=O) groups excluding carboxylic acids is 1. The summed E-state index contributed by atoms with van der Waals surface area (Å²) in [6.45, 7) is 4.69. The number of amides is 1. The minimum Gasteiger partial charge on any atom is -0.378 e. The fourth-order valence-corrected chi connectivity index (χ4v) is 2.64. The largest absolute Gasteiger partial charge is 0.378 e. The third-order valence-electron chi connectivity index (χ3n) is 3.13. The third-order valence-corrected chi connectivity index (χ3v) is 3.43. The number of hydrogen-bond acceptors (Lipinski definition) is 2. The normalized spacial score (nSPS) is 18.9. The van der Waals surface area contributed by atoms with E-state index >= 15 is 0 Å². The van der Waals surface area contributed by atoms with Crippen LogP contribution >= 0.6 is 11.6 Å². The van der Waals surface area contributed by atoms with Gasteiger partial charge in [0.15, 0.2) is 0 Å². The van der Waals surface area contributed by atoms with Gasteiger partial charge in [-0.3, -0.25) is 4.79 Å². The quantitative estimate of drug-likeness (QED) is 0.911. The average Bonchev–Trinajstić information content (AvgIpc) is 2.76. The van der Waals surface area contributed by atoms with Crippen LogP contribution in [0.2, 0.25) is 5.02 Å². The van der Waals surface area contributed by atoms with Crippen molar-refractivity contribution in [2.24, 2.45) is 0 Å². The van der Waals surface area contributed by atoms with Crippen molar-refractivity contribution in [1.29, 1.82) is 0 Å². The van der Waals surface area contributed by atoms with Gasteiger partial charge in [0.1, 0.15) is 0 Å². The van der Waals surface area contributed by atoms with Crippen LogP contribution in [-0.4, -0.2) is 18.6 Å². The highest BCUT2D eigenvalue weighted by Gasteiger charge is 2.20. The van der Waals surface area contributed by atoms with Gasteiger partial charge in [-0.1, -0.05) is 17.7 Å². The molecular formula is C14H18ClNO2. The number of aryl methyl sites for hydroxylation is 2. The molecular weight excluding hydrogens is 250 g/mol. The summed E-state index contributed by atoms with van der Waals surface area (Å²) < 4.78 is 5.45. The Morgan fingerprint density at radius 3 is 2.89 bits per heavy atom. The molecule has 1 aliphatic heterocycles. The van der Waals surface area contributed by atoms with E-state index in [1.807, 2.05) is 26.0 Å². The number of rotatable bonds is 3. The molecule has 0 spiro atoms. The van der Waals surface area contributed by atoms with Gasteiger partial charge in [0.05, 0.1) is 23.2 Å². The van der Waals surface area contributed by atoms with Gasteiger partial charge in [-0.05, 0) is 43.9 Å². The van der Waals surface area contributed by atoms with Gasteiger partial charge in [-0.2, -0.15) is 0 Å². The molecule has 2 rings (SSSR count). The highest BCUT2D eigenvalue weighted by molar-refractivity contribution is 6.34. The maximum atomic E-state index is 11.9. The van der Waals surface area contributed by atoms with Gasteiger partial charge in [0.2, 0.25) is 5.91 Å². The monoisotopic (exact) mass is 267 g/mol. The maximum Gasteiger partial charge on any atom is 0.227 e. The Bertz CT molecular complexity index is 430. The van der Waals surface area contributed by atoms with Crippen molar-refractivity contribution in [3.05, 3.63) is 28.3 Å². The third kappa shape index (κ3) is 3.24. The standard InChI is InChI=1S/C14H18ClNO2/c1-9-6-10(2)14(12(15)7-9)16-13(17)8-11-4-3-5-18-11/h6-7,11H,3-5,8H2,1-2H3,(H,16,17). The van der Waals surface area contributed by atoms with Crippen LogP contribution in [-0.2, 0) is 9.53 Å². The van der Waals surface area contributed by atoms with Gasteiger partial charge >= 0.3 is 0 Å². The zero-order chi connectivity index (χ0) is 13.1. The molecule has 0 saturated carbocycles. The van der Waals surface area contributed by atoms with E-state index in [1.165, 1.54) is 0 Å². The van der Waals surface area contributed by atoms with Gasteiger partial charge < -0.3 is 10.1 Å². The number of benzene rings is 1. The summed E-state index contributed by atoms with van der Waals surface area (Å²) >= 11 is 6.15. The van der Waals surface area contributed by atoms with Crippen LogP contribution in [0.4, 0.5) is 5.69 Å². The predicted octanol–water partition coefficient (Wildman–Crippen LogP) is 3.46. The van der Waals surface area contributed by atoms with E-state index in [1.54, 1.807) is 0 Å². The SMILES string of the molecule is Cc1cc(C)c(NC(=O)CC2CCCO2)c(Cl)c1. The Balaban J connectivity index is 2.02. The zero-order valence-corrected chi connectivity index (χ0v) is 11.5. The first-order chi connectivity index (χ1) is 8.56. The fourth-order valence-electron chi connectivity index (χ4n) is 2.28. The molecule has 1 N–H and O–H groups in total. The summed E-state index contributed by atoms with van der Waals surface area (Å²) in [6.07, 6.45) is 2.48. The van der Waals surface area contributed by atoms with E-state index in [0.29, 0.717) is 17.1 Å². The second kappa shape index (κ2) is 5.72. The van der Waals surface area contributed by atoms with Crippen LogP contribution < -0.4 is 5.32 Å². The number of anilines is 1. The molecule has 3 nitrogen and oxygen atoms in total. The smallest absolute Gasteiger partial charge is 0.227 e. The van der Waals surface area contributed by atoms with Crippen molar-refractivity contribution in [2.75, 3.05) is 11.9 Å². The Morgan fingerprint density at radius 1 is 1.50 bits per heavy atom. The molecule has 1 fully saturated rings. The molecule has 1 heterocycles. The molecule has 18 heavy (non-hydrogen) atoms. The van der Waals surface area contributed by atoms with E-state index < -0.39 is 0 Å². The van der Waals surface area contributed by atoms with Crippen molar-refractivity contribution < 1.29 is 9.53 Å². The van der Waals surface area contributed by atoms with Crippen LogP contribution in [0, 0.1) is 13.8 Å². The van der Waals surface area contributed by atoms with Crippen molar-refractivity contribution in [3.63, 3.8) is 0 Å². The highest BCUT2D eigenvalue weighted by atomic mass is 35.5. The zero-order valence-electron chi connectivity index (χ0n) is 10.8. The number of nitrogens with one attached hydrogen (secondary N) is 1. The molecule has 1 aromatic carbocycles. The summed E-state index contributed by atoms with van der Waals surface area (Å²) in [5, 5.41) is 3.47. The molecule has 0 aromatic heterocycles. The van der Waals surface area contributed by atoms with Crippen LogP contribution in [0.5, 0.6) is 0 Å². The summed E-state index contributed by atoms with van der Waals surface area (Å²) in [5.41, 5.74) is 2.79. The van der Waals surface area contributed by atoms with Crippen LogP contribution in [0.25, 0.3) is 0 Å². The summed E-state index contributed by atoms with van der Waals surface area (Å²) in [4.78, 5) is 11.9. The lowest BCUT2D eigenvalue weighted by Gasteiger charge is -2.13. The van der Waals surface area contributed by atoms with Crippen LogP contribution in [0.1, 0.15) is 30.4 Å². The van der Waals surface area contributed by atoms with E-state index in [0.717, 1.165) is 30.6 Å². The summed E-state index contributed by atoms with van der Waals surface area (Å²) in [7, 11) is 0. The minimum absolute atomic E-state index is 0.0317. The molecule has 98 valence electrons. The average molecular weight is 268 g/mol. The Kier molecular flexibility index (Phi) is 4.25. The summed E-state index contributed by atoms with van der Waals surface area (Å²) in [5.74, 6) is -0.0317. The Hall–Kier alpha value is -1.06. The van der Waals surface area contributed by atoms with Crippen LogP contribution in [0.15, 0.2) is 12.1 Å². The van der Waals surface area contributed by atoms with Crippen molar-refractivity contribution in [1.82, 2.24) is 0 Å². The number of hydrogen-bond donors (Lipinski definition) is 1. The highest BCUT2D eigenvalue weighted by Crippen LogP contribution is 2.27. The van der Waals surface area contributed by atoms with E-state index in [9.17, 15) is 4.79 Å². The topological polar surface area (TPSA) is 38.3 Å². The van der Waals surface area contributed by atoms with Crippen molar-refractivity contribution in [2.45, 2.75) is 39.2 Å². The molecule has 1 aliphatic rings. The first kappa shape index (κ1) is 13.4. The number of carbonyl (C=O) groups is 1. The molecule has 1 amide bonds. The fraction of sp³-hybridized carbons (Fsp3) is 0.500. The molecule has 4 heteroatoms. The number of ether oxygens (including phenoxy) is 1. The van der Waals surface area contributed by atoms with Gasteiger partial charge in [0, 0.05) is 6.61 Å². The van der Waals surface area contributed by atoms with E-state index in [-0.39, 0.29) is 12.0 Å². The first-order valence-electron chi connectivity index (χ1n) is 6.24. The molecule has 0 aliphatic carbocycles. The number of halogens is 1. The molecule has 0 bridgehead atoms. The van der Waals surface area contributed by atoms with Gasteiger partial charge in [-0.15, -0.1) is 0 Å². The molecule has 1 saturated heterocycles. The van der Waals surface area contributed by atoms with Gasteiger partial charge in [0.25, 0.3) is 0 Å². The van der Waals surface area contributed by atoms with Gasteiger partial charge in [-0.25, -0.2) is 0 Å².